The molecule has 0 radical (unpaired) electrons. The number of nitrogens with one attached hydrogen (secondary N) is 2. The first kappa shape index (κ1) is 33.9. The largest absolute Gasteiger partial charge is 0.490 e. The number of aromatic carboxylic acids is 1. The number of hydrogen-bond donors (Lipinski definition) is 5. The van der Waals surface area contributed by atoms with Gasteiger partial charge in [-0.05, 0) is 83.1 Å². The minimum atomic E-state index is -5.08. The van der Waals surface area contributed by atoms with Gasteiger partial charge in [0.15, 0.2) is 0 Å². The van der Waals surface area contributed by atoms with Gasteiger partial charge >= 0.3 is 18.1 Å². The number of nitrogen functional groups attached to an aromatic ring is 1. The first-order valence-electron chi connectivity index (χ1n) is 13.2. The fourth-order valence-corrected chi connectivity index (χ4v) is 5.26. The standard InChI is InChI=1S/C30H22FN3O5S.C2HF3O2/c31-21-8-12-24(13-9-21)40(37,38)34-22-10-14-28(27(17-22)25-3-1-2-4-26(25)30(35)36)39-23-11-7-18-15-20(29(32)33)6-5-19(18)16-23;3-2(4,5)1(6)7/h1-17,34H,(H3,32,33)(H,35,36);(H,6,7). The van der Waals surface area contributed by atoms with Crippen molar-refractivity contribution < 1.29 is 50.5 Å². The Hall–Kier alpha value is -5.96. The monoisotopic (exact) mass is 669 g/mol. The Morgan fingerprint density at radius 2 is 1.43 bits per heavy atom. The van der Waals surface area contributed by atoms with E-state index in [9.17, 15) is 35.9 Å². The van der Waals surface area contributed by atoms with Crippen LogP contribution in [0.15, 0.2) is 108 Å². The lowest BCUT2D eigenvalue weighted by Crippen LogP contribution is -2.21. The van der Waals surface area contributed by atoms with Gasteiger partial charge in [0.2, 0.25) is 0 Å². The molecule has 0 bridgehead atoms. The molecule has 6 N–H and O–H groups in total. The van der Waals surface area contributed by atoms with Gasteiger partial charge in [-0.15, -0.1) is 0 Å². The highest BCUT2D eigenvalue weighted by molar-refractivity contribution is 7.92. The zero-order chi connectivity index (χ0) is 34.5. The summed E-state index contributed by atoms with van der Waals surface area (Å²) in [6.45, 7) is 0. The van der Waals surface area contributed by atoms with Gasteiger partial charge in [0.25, 0.3) is 10.0 Å². The number of hydrogen-bond acceptors (Lipinski definition) is 6. The van der Waals surface area contributed by atoms with E-state index in [0.29, 0.717) is 22.4 Å². The van der Waals surface area contributed by atoms with E-state index in [1.807, 2.05) is 12.1 Å². The Balaban J connectivity index is 0.000000644. The smallest absolute Gasteiger partial charge is 0.478 e. The van der Waals surface area contributed by atoms with E-state index in [0.717, 1.165) is 35.0 Å². The third kappa shape index (κ3) is 8.40. The van der Waals surface area contributed by atoms with Gasteiger partial charge in [0, 0.05) is 16.8 Å². The molecule has 0 saturated heterocycles. The van der Waals surface area contributed by atoms with Gasteiger partial charge in [-0.25, -0.2) is 22.4 Å². The van der Waals surface area contributed by atoms with E-state index < -0.39 is 34.0 Å². The first-order valence-corrected chi connectivity index (χ1v) is 14.6. The molecular formula is C32H23F4N3O7S. The lowest BCUT2D eigenvalue weighted by atomic mass is 9.98. The second kappa shape index (κ2) is 13.6. The average molecular weight is 670 g/mol. The first-order chi connectivity index (χ1) is 22.0. The summed E-state index contributed by atoms with van der Waals surface area (Å²) >= 11 is 0. The molecule has 0 heterocycles. The number of aliphatic carboxylic acids is 1. The van der Waals surface area contributed by atoms with E-state index in [-0.39, 0.29) is 27.7 Å². The highest BCUT2D eigenvalue weighted by Gasteiger charge is 2.38. The van der Waals surface area contributed by atoms with Gasteiger partial charge < -0.3 is 20.7 Å². The number of carboxylic acid groups (broad SMARTS) is 2. The van der Waals surface area contributed by atoms with Crippen LogP contribution in [-0.2, 0) is 14.8 Å². The molecule has 0 spiro atoms. The molecule has 0 amide bonds. The van der Waals surface area contributed by atoms with Crippen LogP contribution < -0.4 is 15.2 Å². The summed E-state index contributed by atoms with van der Waals surface area (Å²) in [6.07, 6.45) is -5.08. The summed E-state index contributed by atoms with van der Waals surface area (Å²) in [5.74, 6) is -3.78. The highest BCUT2D eigenvalue weighted by atomic mass is 32.2. The van der Waals surface area contributed by atoms with Crippen molar-refractivity contribution in [3.63, 3.8) is 0 Å². The normalized spacial score (nSPS) is 11.2. The number of sulfonamides is 1. The fraction of sp³-hybridized carbons (Fsp3) is 0.0312. The molecular weight excluding hydrogens is 646 g/mol. The maximum atomic E-state index is 13.3. The molecule has 0 aliphatic rings. The average Bonchev–Trinajstić information content (AvgIpc) is 3.01. The van der Waals surface area contributed by atoms with Crippen LogP contribution in [0.25, 0.3) is 21.9 Å². The molecule has 15 heteroatoms. The molecule has 5 rings (SSSR count). The zero-order valence-corrected chi connectivity index (χ0v) is 24.6. The predicted molar refractivity (Wildman–Crippen MR) is 165 cm³/mol. The lowest BCUT2D eigenvalue weighted by molar-refractivity contribution is -0.192. The zero-order valence-electron chi connectivity index (χ0n) is 23.7. The van der Waals surface area contributed by atoms with E-state index in [4.69, 9.17) is 25.8 Å². The Bertz CT molecular complexity index is 2100. The van der Waals surface area contributed by atoms with Gasteiger partial charge in [-0.2, -0.15) is 13.2 Å². The number of halogens is 4. The van der Waals surface area contributed by atoms with Crippen LogP contribution in [0.5, 0.6) is 11.5 Å². The van der Waals surface area contributed by atoms with Gasteiger partial charge in [0.05, 0.1) is 10.5 Å². The molecule has 0 aliphatic carbocycles. The van der Waals surface area contributed by atoms with E-state index in [2.05, 4.69) is 4.72 Å². The Labute approximate surface area is 264 Å². The second-order valence-corrected chi connectivity index (χ2v) is 11.3. The van der Waals surface area contributed by atoms with Crippen molar-refractivity contribution in [2.24, 2.45) is 5.73 Å². The van der Waals surface area contributed by atoms with Crippen molar-refractivity contribution in [1.82, 2.24) is 0 Å². The Morgan fingerprint density at radius 1 is 0.809 bits per heavy atom. The molecule has 0 aromatic heterocycles. The van der Waals surface area contributed by atoms with Crippen LogP contribution in [0.4, 0.5) is 23.2 Å². The van der Waals surface area contributed by atoms with Crippen molar-refractivity contribution in [2.75, 3.05) is 4.72 Å². The number of alkyl halides is 3. The number of ether oxygens (including phenoxy) is 1. The maximum absolute atomic E-state index is 13.3. The number of anilines is 1. The van der Waals surface area contributed by atoms with Crippen molar-refractivity contribution >= 4 is 44.3 Å². The quantitative estimate of drug-likeness (QED) is 0.0676. The molecule has 0 unspecified atom stereocenters. The van der Waals surface area contributed by atoms with Crippen LogP contribution in [0.3, 0.4) is 0 Å². The van der Waals surface area contributed by atoms with E-state index in [1.54, 1.807) is 48.5 Å². The highest BCUT2D eigenvalue weighted by Crippen LogP contribution is 2.38. The van der Waals surface area contributed by atoms with E-state index >= 15 is 0 Å². The maximum Gasteiger partial charge on any atom is 0.490 e. The summed E-state index contributed by atoms with van der Waals surface area (Å²) in [7, 11) is -4.06. The molecule has 47 heavy (non-hydrogen) atoms. The summed E-state index contributed by atoms with van der Waals surface area (Å²) in [5.41, 5.74) is 6.99. The van der Waals surface area contributed by atoms with Crippen LogP contribution in [0.1, 0.15) is 15.9 Å². The number of carboxylic acids is 2. The van der Waals surface area contributed by atoms with Gasteiger partial charge in [-0.1, -0.05) is 36.4 Å². The van der Waals surface area contributed by atoms with Gasteiger partial charge in [-0.3, -0.25) is 10.1 Å². The summed E-state index contributed by atoms with van der Waals surface area (Å²) in [5, 5.41) is 26.3. The summed E-state index contributed by atoms with van der Waals surface area (Å²) in [6, 6.07) is 25.9. The van der Waals surface area contributed by atoms with Crippen LogP contribution in [0.2, 0.25) is 0 Å². The number of nitrogens with two attached hydrogens (primary N) is 1. The fourth-order valence-electron chi connectivity index (χ4n) is 4.21. The van der Waals surface area contributed by atoms with Crippen LogP contribution >= 0.6 is 0 Å². The molecule has 0 fully saturated rings. The molecule has 0 saturated carbocycles. The topological polar surface area (TPSA) is 180 Å². The number of carbonyl (C=O) groups is 2. The van der Waals surface area contributed by atoms with Crippen molar-refractivity contribution in [3.8, 4) is 22.6 Å². The minimum Gasteiger partial charge on any atom is -0.478 e. The SMILES string of the molecule is N=C(N)c1ccc2cc(Oc3ccc(NS(=O)(=O)c4ccc(F)cc4)cc3-c3ccccc3C(=O)O)ccc2c1.O=C(O)C(F)(F)F. The third-order valence-electron chi connectivity index (χ3n) is 6.40. The molecule has 0 atom stereocenters. The number of fused-ring (bicyclic) bond motifs is 1. The number of rotatable bonds is 8. The van der Waals surface area contributed by atoms with Crippen molar-refractivity contribution in [2.45, 2.75) is 11.1 Å². The van der Waals surface area contributed by atoms with Crippen molar-refractivity contribution in [1.29, 1.82) is 5.41 Å². The van der Waals surface area contributed by atoms with E-state index in [1.165, 1.54) is 18.2 Å². The third-order valence-corrected chi connectivity index (χ3v) is 7.79. The molecule has 5 aromatic rings. The Kier molecular flexibility index (Phi) is 9.80. The number of amidine groups is 1. The lowest BCUT2D eigenvalue weighted by Gasteiger charge is -2.16. The summed E-state index contributed by atoms with van der Waals surface area (Å²) < 4.78 is 79.5. The summed E-state index contributed by atoms with van der Waals surface area (Å²) in [4.78, 5) is 20.8. The molecule has 10 nitrogen and oxygen atoms in total. The van der Waals surface area contributed by atoms with Crippen molar-refractivity contribution in [3.05, 3.63) is 120 Å². The van der Waals surface area contributed by atoms with Crippen LogP contribution in [0, 0.1) is 11.2 Å². The molecule has 242 valence electrons. The Morgan fingerprint density at radius 3 is 2.04 bits per heavy atom. The molecule has 0 aliphatic heterocycles. The van der Waals surface area contributed by atoms with Gasteiger partial charge in [0.1, 0.15) is 23.2 Å². The van der Waals surface area contributed by atoms with Crippen LogP contribution in [-0.4, -0.2) is 42.6 Å². The molecule has 5 aromatic carbocycles. The minimum absolute atomic E-state index is 0.00108. The number of benzene rings is 5. The predicted octanol–water partition coefficient (Wildman–Crippen LogP) is 6.85. The second-order valence-electron chi connectivity index (χ2n) is 9.66.